The lowest BCUT2D eigenvalue weighted by Gasteiger charge is -2.37. The van der Waals surface area contributed by atoms with Gasteiger partial charge in [0, 0.05) is 24.1 Å². The summed E-state index contributed by atoms with van der Waals surface area (Å²) >= 11 is 0. The first kappa shape index (κ1) is 22.1. The van der Waals surface area contributed by atoms with E-state index in [9.17, 15) is 18.8 Å². The number of fused-ring (bicyclic) bond motifs is 1. The average Bonchev–Trinajstić information content (AvgIpc) is 2.79. The first-order valence-corrected chi connectivity index (χ1v) is 10.9. The zero-order valence-corrected chi connectivity index (χ0v) is 17.8. The van der Waals surface area contributed by atoms with Gasteiger partial charge in [0.1, 0.15) is 5.82 Å². The number of rotatable bonds is 7. The van der Waals surface area contributed by atoms with Crippen LogP contribution in [-0.4, -0.2) is 46.3 Å². The molecular weight excluding hydrogens is 411 g/mol. The summed E-state index contributed by atoms with van der Waals surface area (Å²) in [7, 11) is 0. The van der Waals surface area contributed by atoms with Crippen molar-refractivity contribution >= 4 is 16.7 Å². The van der Waals surface area contributed by atoms with Crippen molar-refractivity contribution in [3.05, 3.63) is 80.2 Å². The highest BCUT2D eigenvalue weighted by molar-refractivity contribution is 5.97. The van der Waals surface area contributed by atoms with E-state index in [1.54, 1.807) is 18.2 Å². The zero-order chi connectivity index (χ0) is 22.7. The lowest BCUT2D eigenvalue weighted by molar-refractivity contribution is 0.0789. The van der Waals surface area contributed by atoms with E-state index in [0.29, 0.717) is 23.0 Å². The number of carbonyl (C=O) groups excluding carboxylic acids is 1. The number of nitrogens with zero attached hydrogens (tertiary/aromatic N) is 1. The molecule has 1 aliphatic rings. The number of hydrogen-bond acceptors (Lipinski definition) is 5. The van der Waals surface area contributed by atoms with E-state index in [2.05, 4.69) is 14.9 Å². The Bertz CT molecular complexity index is 1210. The molecule has 32 heavy (non-hydrogen) atoms. The van der Waals surface area contributed by atoms with Crippen molar-refractivity contribution in [1.82, 2.24) is 14.9 Å². The third kappa shape index (κ3) is 4.87. The predicted molar refractivity (Wildman–Crippen MR) is 121 cm³/mol. The second-order valence-corrected chi connectivity index (χ2v) is 8.40. The maximum absolute atomic E-state index is 13.1. The zero-order valence-electron chi connectivity index (χ0n) is 17.8. The number of Topliss-reactive ketones (excluding diaryl/α,β-unsaturated/α-hetero) is 1. The van der Waals surface area contributed by atoms with E-state index in [0.717, 1.165) is 44.3 Å². The molecule has 4 rings (SSSR count). The smallest absolute Gasteiger partial charge is 0.326 e. The van der Waals surface area contributed by atoms with Crippen molar-refractivity contribution in [3.8, 4) is 0 Å². The summed E-state index contributed by atoms with van der Waals surface area (Å²) in [5.41, 5.74) is 7.27. The lowest BCUT2D eigenvalue weighted by Crippen LogP contribution is -2.46. The Kier molecular flexibility index (Phi) is 6.62. The minimum Gasteiger partial charge on any atom is -0.329 e. The molecule has 0 amide bonds. The number of H-pyrrole nitrogens is 2. The number of nitrogens with one attached hydrogen (secondary N) is 2. The van der Waals surface area contributed by atoms with E-state index >= 15 is 0 Å². The van der Waals surface area contributed by atoms with Crippen LogP contribution < -0.4 is 17.0 Å². The Hall–Kier alpha value is -3.10. The van der Waals surface area contributed by atoms with Gasteiger partial charge in [-0.1, -0.05) is 6.07 Å². The topological polar surface area (TPSA) is 112 Å². The van der Waals surface area contributed by atoms with Gasteiger partial charge < -0.3 is 10.7 Å². The summed E-state index contributed by atoms with van der Waals surface area (Å²) in [6.07, 6.45) is 3.12. The van der Waals surface area contributed by atoms with Gasteiger partial charge in [-0.05, 0) is 80.7 Å². The maximum Gasteiger partial charge on any atom is 0.326 e. The quantitative estimate of drug-likeness (QED) is 0.490. The van der Waals surface area contributed by atoms with Crippen LogP contribution in [-0.2, 0) is 6.42 Å². The van der Waals surface area contributed by atoms with Crippen molar-refractivity contribution in [2.45, 2.75) is 31.7 Å². The van der Waals surface area contributed by atoms with E-state index in [1.165, 1.54) is 12.1 Å². The molecule has 8 heteroatoms. The van der Waals surface area contributed by atoms with Crippen LogP contribution in [0.4, 0.5) is 4.39 Å². The van der Waals surface area contributed by atoms with Gasteiger partial charge in [0.05, 0.1) is 10.9 Å². The number of ketones is 1. The molecule has 168 valence electrons. The number of aromatic amines is 2. The molecule has 2 aromatic carbocycles. The third-order valence-corrected chi connectivity index (χ3v) is 6.39. The molecule has 0 bridgehead atoms. The first-order chi connectivity index (χ1) is 15.4. The predicted octanol–water partition coefficient (Wildman–Crippen LogP) is 2.21. The fourth-order valence-corrected chi connectivity index (χ4v) is 4.53. The number of benzene rings is 2. The molecule has 0 aliphatic carbocycles. The number of nitrogens with two attached hydrogens (primary N) is 1. The van der Waals surface area contributed by atoms with Gasteiger partial charge in [-0.2, -0.15) is 0 Å². The van der Waals surface area contributed by atoms with Crippen LogP contribution in [0, 0.1) is 11.7 Å². The van der Waals surface area contributed by atoms with Gasteiger partial charge >= 0.3 is 5.69 Å². The second kappa shape index (κ2) is 9.58. The largest absolute Gasteiger partial charge is 0.329 e. The van der Waals surface area contributed by atoms with Gasteiger partial charge in [-0.25, -0.2) is 9.18 Å². The highest BCUT2D eigenvalue weighted by Crippen LogP contribution is 2.24. The summed E-state index contributed by atoms with van der Waals surface area (Å²) in [6.45, 7) is 2.10. The molecule has 3 aromatic rings. The molecule has 1 fully saturated rings. The van der Waals surface area contributed by atoms with Crippen LogP contribution in [0.5, 0.6) is 0 Å². The van der Waals surface area contributed by atoms with Crippen LogP contribution in [0.25, 0.3) is 10.9 Å². The second-order valence-electron chi connectivity index (χ2n) is 8.40. The van der Waals surface area contributed by atoms with Gasteiger partial charge in [0.2, 0.25) is 0 Å². The fourth-order valence-electron chi connectivity index (χ4n) is 4.53. The monoisotopic (exact) mass is 438 g/mol. The molecule has 4 N–H and O–H groups in total. The molecular formula is C24H27FN4O3. The summed E-state index contributed by atoms with van der Waals surface area (Å²) in [5.74, 6) is -0.314. The van der Waals surface area contributed by atoms with Crippen molar-refractivity contribution in [2.75, 3.05) is 19.6 Å². The molecule has 1 atom stereocenters. The summed E-state index contributed by atoms with van der Waals surface area (Å²) in [6, 6.07) is 11.4. The highest BCUT2D eigenvalue weighted by Gasteiger charge is 2.28. The van der Waals surface area contributed by atoms with Crippen LogP contribution in [0.15, 0.2) is 52.1 Å². The fraction of sp³-hybridized carbons (Fsp3) is 0.375. The molecule has 7 nitrogen and oxygen atoms in total. The Balaban J connectivity index is 1.35. The SMILES string of the molecule is NCC(CCc1ccc2c(=O)[nH]c(=O)[nH]c2c1)N1CCC(C(=O)c2ccc(F)cc2)CC1. The minimum atomic E-state index is -0.516. The Morgan fingerprint density at radius 1 is 1.09 bits per heavy atom. The van der Waals surface area contributed by atoms with Gasteiger partial charge in [-0.15, -0.1) is 0 Å². The molecule has 0 spiro atoms. The standard InChI is InChI=1S/C24H27FN4O3/c25-18-5-3-16(4-6-18)22(30)17-9-11-29(12-10-17)19(14-26)7-1-15-2-8-20-21(13-15)27-24(32)28-23(20)31/h2-6,8,13,17,19H,1,7,9-12,14,26H2,(H2,27,28,31,32). The van der Waals surface area contributed by atoms with Crippen LogP contribution in [0.2, 0.25) is 0 Å². The first-order valence-electron chi connectivity index (χ1n) is 10.9. The number of halogens is 1. The van der Waals surface area contributed by atoms with Crippen molar-refractivity contribution in [3.63, 3.8) is 0 Å². The normalized spacial score (nSPS) is 16.3. The molecule has 2 heterocycles. The number of carbonyl (C=O) groups is 1. The average molecular weight is 439 g/mol. The van der Waals surface area contributed by atoms with E-state index < -0.39 is 11.2 Å². The van der Waals surface area contributed by atoms with Crippen LogP contribution in [0.3, 0.4) is 0 Å². The number of hydrogen-bond donors (Lipinski definition) is 3. The molecule has 1 aliphatic heterocycles. The van der Waals surface area contributed by atoms with Gasteiger partial charge in [0.15, 0.2) is 5.78 Å². The molecule has 0 radical (unpaired) electrons. The van der Waals surface area contributed by atoms with Crippen molar-refractivity contribution in [1.29, 1.82) is 0 Å². The molecule has 0 saturated carbocycles. The van der Waals surface area contributed by atoms with Crippen LogP contribution in [0.1, 0.15) is 35.2 Å². The third-order valence-electron chi connectivity index (χ3n) is 6.39. The summed E-state index contributed by atoms with van der Waals surface area (Å²) < 4.78 is 13.1. The van der Waals surface area contributed by atoms with E-state index in [4.69, 9.17) is 5.73 Å². The Morgan fingerprint density at radius 2 is 1.81 bits per heavy atom. The highest BCUT2D eigenvalue weighted by atomic mass is 19.1. The molecule has 1 saturated heterocycles. The van der Waals surface area contributed by atoms with Gasteiger partial charge in [-0.3, -0.25) is 19.5 Å². The number of aromatic nitrogens is 2. The van der Waals surface area contributed by atoms with E-state index in [1.807, 2.05) is 12.1 Å². The number of aryl methyl sites for hydroxylation is 1. The van der Waals surface area contributed by atoms with Crippen molar-refractivity contribution in [2.24, 2.45) is 11.7 Å². The maximum atomic E-state index is 13.1. The molecule has 1 aromatic heterocycles. The van der Waals surface area contributed by atoms with Crippen LogP contribution >= 0.6 is 0 Å². The molecule has 1 unspecified atom stereocenters. The number of likely N-dealkylation sites (tertiary alicyclic amines) is 1. The number of piperidine rings is 1. The van der Waals surface area contributed by atoms with Crippen molar-refractivity contribution < 1.29 is 9.18 Å². The minimum absolute atomic E-state index is 0.0504. The lowest BCUT2D eigenvalue weighted by atomic mass is 9.88. The Morgan fingerprint density at radius 3 is 2.50 bits per heavy atom. The van der Waals surface area contributed by atoms with Gasteiger partial charge in [0.25, 0.3) is 5.56 Å². The summed E-state index contributed by atoms with van der Waals surface area (Å²) in [5, 5.41) is 0.455. The van der Waals surface area contributed by atoms with E-state index in [-0.39, 0.29) is 23.6 Å². The Labute approximate surface area is 184 Å². The summed E-state index contributed by atoms with van der Waals surface area (Å²) in [4.78, 5) is 43.4.